The Kier molecular flexibility index (Phi) is 5.00. The fourth-order valence-electron chi connectivity index (χ4n) is 4.28. The molecule has 0 bridgehead atoms. The van der Waals surface area contributed by atoms with E-state index in [4.69, 9.17) is 4.74 Å². The highest BCUT2D eigenvalue weighted by atomic mass is 16.5. The van der Waals surface area contributed by atoms with Crippen LogP contribution in [-0.4, -0.2) is 49.3 Å². The van der Waals surface area contributed by atoms with Crippen LogP contribution in [0.1, 0.15) is 58.3 Å². The van der Waals surface area contributed by atoms with Gasteiger partial charge in [-0.1, -0.05) is 19.3 Å². The number of nitrogens with zero attached hydrogens (tertiary/aromatic N) is 1. The van der Waals surface area contributed by atoms with Crippen LogP contribution in [0.15, 0.2) is 0 Å². The van der Waals surface area contributed by atoms with E-state index in [-0.39, 0.29) is 0 Å². The maximum absolute atomic E-state index is 5.53. The Morgan fingerprint density at radius 2 is 2.00 bits per heavy atom. The number of hydrogen-bond acceptors (Lipinski definition) is 3. The molecule has 3 fully saturated rings. The zero-order valence-electron chi connectivity index (χ0n) is 13.2. The maximum atomic E-state index is 5.53. The predicted octanol–water partition coefficient (Wildman–Crippen LogP) is 2.80. The van der Waals surface area contributed by atoms with Crippen molar-refractivity contribution in [1.29, 1.82) is 0 Å². The van der Waals surface area contributed by atoms with Gasteiger partial charge in [-0.05, 0) is 44.9 Å². The average molecular weight is 280 g/mol. The third-order valence-corrected chi connectivity index (χ3v) is 5.58. The van der Waals surface area contributed by atoms with Gasteiger partial charge < -0.3 is 10.1 Å². The van der Waals surface area contributed by atoms with E-state index in [0.29, 0.717) is 5.54 Å². The summed E-state index contributed by atoms with van der Waals surface area (Å²) in [6, 6.07) is 0.809. The van der Waals surface area contributed by atoms with E-state index in [9.17, 15) is 0 Å². The van der Waals surface area contributed by atoms with Gasteiger partial charge in [0.25, 0.3) is 0 Å². The number of rotatable bonds is 6. The fraction of sp³-hybridized carbons (Fsp3) is 1.00. The average Bonchev–Trinajstić information content (AvgIpc) is 3.29. The molecule has 0 amide bonds. The quantitative estimate of drug-likeness (QED) is 0.757. The molecule has 1 heterocycles. The standard InChI is InChI=1S/C17H32N2O/c1-2-20-12-6-11-19-14-17(9-4-3-5-10-17)18-13-16(19)15-7-8-15/h15-16,18H,2-14H2,1H3. The smallest absolute Gasteiger partial charge is 0.0478 e. The molecule has 3 aliphatic rings. The lowest BCUT2D eigenvalue weighted by atomic mass is 9.79. The summed E-state index contributed by atoms with van der Waals surface area (Å²) in [5, 5.41) is 3.96. The summed E-state index contributed by atoms with van der Waals surface area (Å²) in [5.41, 5.74) is 0.454. The van der Waals surface area contributed by atoms with Crippen LogP contribution in [0.3, 0.4) is 0 Å². The van der Waals surface area contributed by atoms with Crippen molar-refractivity contribution in [1.82, 2.24) is 10.2 Å². The summed E-state index contributed by atoms with van der Waals surface area (Å²) in [4.78, 5) is 2.82. The SMILES string of the molecule is CCOCCCN1CC2(CCCCC2)NCC1C1CC1. The molecule has 1 unspecified atom stereocenters. The summed E-state index contributed by atoms with van der Waals surface area (Å²) >= 11 is 0. The van der Waals surface area contributed by atoms with Crippen molar-refractivity contribution in [2.24, 2.45) is 5.92 Å². The highest BCUT2D eigenvalue weighted by Gasteiger charge is 2.44. The Bertz CT molecular complexity index is 297. The van der Waals surface area contributed by atoms with E-state index in [1.54, 1.807) is 0 Å². The zero-order valence-corrected chi connectivity index (χ0v) is 13.2. The van der Waals surface area contributed by atoms with Crippen LogP contribution in [0.25, 0.3) is 0 Å². The van der Waals surface area contributed by atoms with Gasteiger partial charge in [0, 0.05) is 44.4 Å². The van der Waals surface area contributed by atoms with Crippen LogP contribution in [0.4, 0.5) is 0 Å². The number of piperazine rings is 1. The molecule has 0 aromatic rings. The minimum absolute atomic E-state index is 0.454. The predicted molar refractivity (Wildman–Crippen MR) is 83.0 cm³/mol. The molecule has 1 aliphatic heterocycles. The van der Waals surface area contributed by atoms with Crippen LogP contribution < -0.4 is 5.32 Å². The minimum Gasteiger partial charge on any atom is -0.382 e. The summed E-state index contributed by atoms with van der Waals surface area (Å²) in [5.74, 6) is 0.982. The van der Waals surface area contributed by atoms with Gasteiger partial charge in [0.15, 0.2) is 0 Å². The second-order valence-electron chi connectivity index (χ2n) is 7.15. The molecule has 3 rings (SSSR count). The molecule has 2 saturated carbocycles. The topological polar surface area (TPSA) is 24.5 Å². The van der Waals surface area contributed by atoms with Crippen LogP contribution in [0, 0.1) is 5.92 Å². The lowest BCUT2D eigenvalue weighted by molar-refractivity contribution is 0.0378. The fourth-order valence-corrected chi connectivity index (χ4v) is 4.28. The van der Waals surface area contributed by atoms with Crippen LogP contribution in [0.5, 0.6) is 0 Å². The molecular weight excluding hydrogens is 248 g/mol. The monoisotopic (exact) mass is 280 g/mol. The van der Waals surface area contributed by atoms with Gasteiger partial charge in [-0.25, -0.2) is 0 Å². The van der Waals surface area contributed by atoms with E-state index >= 15 is 0 Å². The van der Waals surface area contributed by atoms with Crippen molar-refractivity contribution in [3.63, 3.8) is 0 Å². The van der Waals surface area contributed by atoms with Gasteiger partial charge in [0.1, 0.15) is 0 Å². The first kappa shape index (κ1) is 14.8. The van der Waals surface area contributed by atoms with E-state index in [0.717, 1.165) is 25.2 Å². The van der Waals surface area contributed by atoms with Crippen LogP contribution in [0.2, 0.25) is 0 Å². The van der Waals surface area contributed by atoms with Crippen molar-refractivity contribution in [3.05, 3.63) is 0 Å². The van der Waals surface area contributed by atoms with Gasteiger partial charge in [-0.2, -0.15) is 0 Å². The Labute approximate surface area is 124 Å². The summed E-state index contributed by atoms with van der Waals surface area (Å²) in [6.45, 7) is 7.65. The number of ether oxygens (including phenoxy) is 1. The highest BCUT2D eigenvalue weighted by molar-refractivity contribution is 5.03. The molecule has 1 spiro atoms. The highest BCUT2D eigenvalue weighted by Crippen LogP contribution is 2.39. The van der Waals surface area contributed by atoms with Crippen LogP contribution in [-0.2, 0) is 4.74 Å². The molecule has 20 heavy (non-hydrogen) atoms. The van der Waals surface area contributed by atoms with Gasteiger partial charge in [0.05, 0.1) is 0 Å². The number of nitrogens with one attached hydrogen (secondary N) is 1. The van der Waals surface area contributed by atoms with E-state index in [1.165, 1.54) is 71.0 Å². The molecule has 116 valence electrons. The van der Waals surface area contributed by atoms with E-state index < -0.39 is 0 Å². The normalized spacial score (nSPS) is 30.8. The molecule has 0 aromatic heterocycles. The van der Waals surface area contributed by atoms with Crippen molar-refractivity contribution in [2.75, 3.05) is 32.8 Å². The molecule has 1 N–H and O–H groups in total. The molecule has 2 aliphatic carbocycles. The Morgan fingerprint density at radius 3 is 2.70 bits per heavy atom. The van der Waals surface area contributed by atoms with E-state index in [2.05, 4.69) is 17.1 Å². The molecule has 0 aromatic carbocycles. The molecule has 3 nitrogen and oxygen atoms in total. The second-order valence-corrected chi connectivity index (χ2v) is 7.15. The Hall–Kier alpha value is -0.120. The summed E-state index contributed by atoms with van der Waals surface area (Å²) in [6.07, 6.45) is 11.2. The first-order valence-electron chi connectivity index (χ1n) is 8.90. The first-order chi connectivity index (χ1) is 9.83. The molecule has 0 radical (unpaired) electrons. The Balaban J connectivity index is 1.55. The minimum atomic E-state index is 0.454. The molecule has 1 saturated heterocycles. The van der Waals surface area contributed by atoms with Gasteiger partial charge in [0.2, 0.25) is 0 Å². The maximum Gasteiger partial charge on any atom is 0.0478 e. The van der Waals surface area contributed by atoms with Crippen molar-refractivity contribution < 1.29 is 4.74 Å². The second kappa shape index (κ2) is 6.76. The van der Waals surface area contributed by atoms with Crippen molar-refractivity contribution in [3.8, 4) is 0 Å². The molecule has 3 heteroatoms. The summed E-state index contributed by atoms with van der Waals surface area (Å²) < 4.78 is 5.53. The zero-order chi connectivity index (χ0) is 13.8. The van der Waals surface area contributed by atoms with Crippen molar-refractivity contribution >= 4 is 0 Å². The van der Waals surface area contributed by atoms with Gasteiger partial charge in [-0.3, -0.25) is 4.90 Å². The van der Waals surface area contributed by atoms with Gasteiger partial charge >= 0.3 is 0 Å². The number of hydrogen-bond donors (Lipinski definition) is 1. The third-order valence-electron chi connectivity index (χ3n) is 5.58. The molecule has 1 atom stereocenters. The summed E-state index contributed by atoms with van der Waals surface area (Å²) in [7, 11) is 0. The van der Waals surface area contributed by atoms with Crippen LogP contribution >= 0.6 is 0 Å². The van der Waals surface area contributed by atoms with Crippen molar-refractivity contribution in [2.45, 2.75) is 69.9 Å². The molecular formula is C17H32N2O. The lowest BCUT2D eigenvalue weighted by Crippen LogP contribution is -2.65. The van der Waals surface area contributed by atoms with Gasteiger partial charge in [-0.15, -0.1) is 0 Å². The largest absolute Gasteiger partial charge is 0.382 e. The lowest BCUT2D eigenvalue weighted by Gasteiger charge is -2.50. The first-order valence-corrected chi connectivity index (χ1v) is 8.90. The van der Waals surface area contributed by atoms with E-state index in [1.807, 2.05) is 0 Å². The Morgan fingerprint density at radius 1 is 1.20 bits per heavy atom. The third kappa shape index (κ3) is 3.55.